The van der Waals surface area contributed by atoms with Gasteiger partial charge in [0.1, 0.15) is 28.9 Å². The van der Waals surface area contributed by atoms with Gasteiger partial charge in [0.2, 0.25) is 11.8 Å². The van der Waals surface area contributed by atoms with Gasteiger partial charge in [0, 0.05) is 61.2 Å². The van der Waals surface area contributed by atoms with E-state index >= 15 is 4.39 Å². The molecular formula is C37H48F3N5O6. The number of esters is 1. The van der Waals surface area contributed by atoms with Gasteiger partial charge in [-0.05, 0) is 90.8 Å². The van der Waals surface area contributed by atoms with E-state index in [0.717, 1.165) is 18.0 Å². The number of hydrogen-bond donors (Lipinski definition) is 2. The van der Waals surface area contributed by atoms with Gasteiger partial charge in [-0.3, -0.25) is 24.6 Å². The molecule has 3 heterocycles. The first-order valence-corrected chi connectivity index (χ1v) is 17.4. The molecule has 1 saturated heterocycles. The maximum atomic E-state index is 16.3. The lowest BCUT2D eigenvalue weighted by Gasteiger charge is -2.45. The largest absolute Gasteiger partial charge is 0.460 e. The second kappa shape index (κ2) is 14.4. The summed E-state index contributed by atoms with van der Waals surface area (Å²) >= 11 is 0. The molecule has 11 nitrogen and oxygen atoms in total. The summed E-state index contributed by atoms with van der Waals surface area (Å²) in [6.07, 6.45) is -0.118. The number of anilines is 1. The average Bonchev–Trinajstić information content (AvgIpc) is 3.30. The Bertz CT molecular complexity index is 1670. The minimum atomic E-state index is -2.57. The number of primary amides is 1. The van der Waals surface area contributed by atoms with E-state index in [1.165, 1.54) is 12.1 Å². The van der Waals surface area contributed by atoms with Crippen molar-refractivity contribution in [2.75, 3.05) is 18.4 Å². The van der Waals surface area contributed by atoms with E-state index in [4.69, 9.17) is 15.2 Å². The number of fused-ring (bicyclic) bond motifs is 1. The quantitative estimate of drug-likeness (QED) is 0.268. The first-order valence-electron chi connectivity index (χ1n) is 17.4. The fourth-order valence-electron chi connectivity index (χ4n) is 7.01. The van der Waals surface area contributed by atoms with E-state index in [1.807, 2.05) is 0 Å². The van der Waals surface area contributed by atoms with Gasteiger partial charge >= 0.3 is 12.1 Å². The van der Waals surface area contributed by atoms with Crippen molar-refractivity contribution in [1.29, 1.82) is 0 Å². The lowest BCUT2D eigenvalue weighted by molar-refractivity contribution is -0.155. The second-order valence-electron chi connectivity index (χ2n) is 15.9. The molecule has 2 aliphatic heterocycles. The standard InChI is InChI=1S/C37H48F3N5O6/c1-35(2,3)50-29(46)12-11-28(31(41)47)45-20-26-24(33(45)48)8-9-25(30(26)38)27-10-7-22(32(42-27)43-34(49)51-36(4,5)6)17-44-18-23(19-44)21-13-15-37(39,40)16-14-21/h7-10,21,23,28H,11-20H2,1-6H3,(H2,41,47)(H,42,43,49)/t28-/m0/s1. The van der Waals surface area contributed by atoms with Gasteiger partial charge in [-0.15, -0.1) is 0 Å². The Hall–Kier alpha value is -4.20. The van der Waals surface area contributed by atoms with E-state index in [2.05, 4.69) is 15.2 Å². The highest BCUT2D eigenvalue weighted by molar-refractivity contribution is 6.01. The number of carbonyl (C=O) groups is 4. The number of nitrogens with one attached hydrogen (secondary N) is 1. The summed E-state index contributed by atoms with van der Waals surface area (Å²) in [5.74, 6) is -4.50. The van der Waals surface area contributed by atoms with Crippen molar-refractivity contribution in [3.63, 3.8) is 0 Å². The number of aromatic nitrogens is 1. The van der Waals surface area contributed by atoms with Crippen LogP contribution in [0.15, 0.2) is 24.3 Å². The Morgan fingerprint density at radius 2 is 1.61 bits per heavy atom. The summed E-state index contributed by atoms with van der Waals surface area (Å²) in [7, 11) is 0. The summed E-state index contributed by atoms with van der Waals surface area (Å²) in [5.41, 5.74) is 5.17. The lowest BCUT2D eigenvalue weighted by atomic mass is 9.75. The van der Waals surface area contributed by atoms with Crippen LogP contribution in [0, 0.1) is 17.7 Å². The monoisotopic (exact) mass is 715 g/mol. The SMILES string of the molecule is CC(C)(C)OC(=O)CC[C@@H](C(N)=O)N1Cc2c(ccc(-c3ccc(CN4CC(C5CCC(F)(F)CC5)C4)c(NC(=O)OC(C)(C)C)n3)c2F)C1=O. The topological polar surface area (TPSA) is 144 Å². The molecule has 2 fully saturated rings. The minimum absolute atomic E-state index is 0.0562. The molecule has 1 aliphatic carbocycles. The van der Waals surface area contributed by atoms with Gasteiger partial charge in [0.05, 0.1) is 12.2 Å². The first kappa shape index (κ1) is 38.0. The number of alkyl halides is 2. The van der Waals surface area contributed by atoms with Crippen molar-refractivity contribution in [1.82, 2.24) is 14.8 Å². The van der Waals surface area contributed by atoms with Crippen LogP contribution in [0.3, 0.4) is 0 Å². The number of benzene rings is 1. The molecule has 3 aliphatic rings. The number of carbonyl (C=O) groups excluding carboxylic acids is 4. The number of likely N-dealkylation sites (tertiary alicyclic amines) is 1. The van der Waals surface area contributed by atoms with Gasteiger partial charge in [0.15, 0.2) is 0 Å². The van der Waals surface area contributed by atoms with E-state index in [1.54, 1.807) is 53.7 Å². The number of nitrogens with zero attached hydrogens (tertiary/aromatic N) is 3. The van der Waals surface area contributed by atoms with Crippen LogP contribution in [0.1, 0.15) is 102 Å². The third-order valence-corrected chi connectivity index (χ3v) is 9.49. The van der Waals surface area contributed by atoms with Crippen molar-refractivity contribution in [2.24, 2.45) is 17.6 Å². The zero-order chi connectivity index (χ0) is 37.5. The molecule has 14 heteroatoms. The molecule has 3 N–H and O–H groups in total. The normalized spacial score (nSPS) is 18.9. The Kier molecular flexibility index (Phi) is 10.8. The van der Waals surface area contributed by atoms with Crippen LogP contribution in [-0.2, 0) is 32.2 Å². The molecular weight excluding hydrogens is 667 g/mol. The number of ether oxygens (including phenoxy) is 2. The summed E-state index contributed by atoms with van der Waals surface area (Å²) in [4.78, 5) is 58.9. The van der Waals surface area contributed by atoms with Crippen LogP contribution in [-0.4, -0.2) is 74.9 Å². The van der Waals surface area contributed by atoms with Gasteiger partial charge < -0.3 is 20.1 Å². The zero-order valence-electron chi connectivity index (χ0n) is 30.1. The third kappa shape index (κ3) is 9.38. The van der Waals surface area contributed by atoms with Gasteiger partial charge in [0.25, 0.3) is 5.91 Å². The maximum absolute atomic E-state index is 16.3. The molecule has 51 heavy (non-hydrogen) atoms. The van der Waals surface area contributed by atoms with Crippen LogP contribution in [0.25, 0.3) is 11.3 Å². The molecule has 2 aromatic rings. The third-order valence-electron chi connectivity index (χ3n) is 9.49. The fourth-order valence-corrected chi connectivity index (χ4v) is 7.01. The zero-order valence-corrected chi connectivity index (χ0v) is 30.1. The highest BCUT2D eigenvalue weighted by Crippen LogP contribution is 2.42. The summed E-state index contributed by atoms with van der Waals surface area (Å²) in [5, 5.41) is 2.71. The van der Waals surface area contributed by atoms with Crippen LogP contribution in [0.4, 0.5) is 23.8 Å². The lowest BCUT2D eigenvalue weighted by Crippen LogP contribution is -2.50. The highest BCUT2D eigenvalue weighted by atomic mass is 19.3. The Balaban J connectivity index is 1.34. The average molecular weight is 716 g/mol. The number of rotatable bonds is 10. The van der Waals surface area contributed by atoms with Crippen molar-refractivity contribution < 1.29 is 41.8 Å². The van der Waals surface area contributed by atoms with Crippen molar-refractivity contribution in [2.45, 2.75) is 116 Å². The molecule has 3 amide bonds. The molecule has 0 spiro atoms. The molecule has 278 valence electrons. The Morgan fingerprint density at radius 1 is 0.980 bits per heavy atom. The van der Waals surface area contributed by atoms with Crippen LogP contribution < -0.4 is 11.1 Å². The summed E-state index contributed by atoms with van der Waals surface area (Å²) < 4.78 is 54.4. The molecule has 5 rings (SSSR count). The van der Waals surface area contributed by atoms with Gasteiger partial charge in [-0.25, -0.2) is 22.9 Å². The molecule has 0 radical (unpaired) electrons. The highest BCUT2D eigenvalue weighted by Gasteiger charge is 2.42. The Morgan fingerprint density at radius 3 is 2.22 bits per heavy atom. The van der Waals surface area contributed by atoms with Crippen LogP contribution in [0.5, 0.6) is 0 Å². The van der Waals surface area contributed by atoms with Crippen molar-refractivity contribution in [3.8, 4) is 11.3 Å². The van der Waals surface area contributed by atoms with Crippen LogP contribution >= 0.6 is 0 Å². The Labute approximate surface area is 296 Å². The summed E-state index contributed by atoms with van der Waals surface area (Å²) in [6.45, 7) is 12.0. The smallest absolute Gasteiger partial charge is 0.413 e. The number of amides is 3. The maximum Gasteiger partial charge on any atom is 0.413 e. The number of pyridine rings is 1. The van der Waals surface area contributed by atoms with Crippen molar-refractivity contribution in [3.05, 3.63) is 46.8 Å². The first-order chi connectivity index (χ1) is 23.7. The van der Waals surface area contributed by atoms with E-state index in [0.29, 0.717) is 30.9 Å². The van der Waals surface area contributed by atoms with Crippen molar-refractivity contribution >= 4 is 29.7 Å². The number of hydrogen-bond acceptors (Lipinski definition) is 8. The predicted molar refractivity (Wildman–Crippen MR) is 183 cm³/mol. The van der Waals surface area contributed by atoms with E-state index < -0.39 is 52.9 Å². The molecule has 1 aromatic heterocycles. The van der Waals surface area contributed by atoms with Gasteiger partial charge in [-0.2, -0.15) is 0 Å². The second-order valence-corrected chi connectivity index (χ2v) is 15.9. The number of halogens is 3. The van der Waals surface area contributed by atoms with E-state index in [9.17, 15) is 28.0 Å². The minimum Gasteiger partial charge on any atom is -0.460 e. The fraction of sp³-hybridized carbons (Fsp3) is 0.595. The van der Waals surface area contributed by atoms with E-state index in [-0.39, 0.29) is 66.3 Å². The summed E-state index contributed by atoms with van der Waals surface area (Å²) in [6, 6.07) is 5.08. The predicted octanol–water partition coefficient (Wildman–Crippen LogP) is 6.42. The van der Waals surface area contributed by atoms with Crippen LogP contribution in [0.2, 0.25) is 0 Å². The van der Waals surface area contributed by atoms with Gasteiger partial charge in [-0.1, -0.05) is 6.07 Å². The molecule has 1 atom stereocenters. The molecule has 1 saturated carbocycles. The molecule has 1 aromatic carbocycles. The molecule has 0 unspecified atom stereocenters. The molecule has 0 bridgehead atoms. The number of nitrogens with two attached hydrogens (primary N) is 1.